The monoisotopic (exact) mass is 724 g/mol. The van der Waals surface area contributed by atoms with E-state index < -0.39 is 41.6 Å². The van der Waals surface area contributed by atoms with Gasteiger partial charge in [-0.05, 0) is 84.8 Å². The van der Waals surface area contributed by atoms with Crippen molar-refractivity contribution < 1.29 is 32.3 Å². The maximum Gasteiger partial charge on any atom is 0.422 e. The smallest absolute Gasteiger partial charge is 0.422 e. The van der Waals surface area contributed by atoms with Crippen LogP contribution in [0.3, 0.4) is 0 Å². The van der Waals surface area contributed by atoms with E-state index in [0.29, 0.717) is 22.0 Å². The summed E-state index contributed by atoms with van der Waals surface area (Å²) in [5.74, 6) is -2.05. The minimum atomic E-state index is -4.60. The number of carbonyl (C=O) groups excluding carboxylic acids is 3. The Bertz CT molecular complexity index is 1890. The molecular weight excluding hydrogens is 689 g/mol. The van der Waals surface area contributed by atoms with Crippen LogP contribution in [0.5, 0.6) is 6.01 Å². The number of hydrogen-bond donors (Lipinski definition) is 5. The van der Waals surface area contributed by atoms with Crippen molar-refractivity contribution in [1.29, 1.82) is 0 Å². The van der Waals surface area contributed by atoms with E-state index in [-0.39, 0.29) is 30.9 Å². The molecule has 1 aliphatic rings. The van der Waals surface area contributed by atoms with Crippen LogP contribution in [0.2, 0.25) is 5.02 Å². The van der Waals surface area contributed by atoms with Crippen LogP contribution in [0, 0.1) is 12.3 Å². The van der Waals surface area contributed by atoms with E-state index >= 15 is 0 Å². The quantitative estimate of drug-likeness (QED) is 0.102. The Morgan fingerprint density at radius 2 is 1.51 bits per heavy atom. The molecule has 16 heteroatoms. The van der Waals surface area contributed by atoms with Crippen molar-refractivity contribution >= 4 is 52.6 Å². The van der Waals surface area contributed by atoms with E-state index in [1.54, 1.807) is 54.6 Å². The molecule has 1 aromatic heterocycles. The van der Waals surface area contributed by atoms with E-state index in [9.17, 15) is 27.6 Å². The van der Waals surface area contributed by atoms with Gasteiger partial charge in [-0.2, -0.15) is 28.1 Å². The number of rotatable bonds is 13. The van der Waals surface area contributed by atoms with Crippen LogP contribution in [0.4, 0.5) is 36.4 Å². The van der Waals surface area contributed by atoms with Crippen molar-refractivity contribution in [2.75, 3.05) is 35.6 Å². The molecule has 4 aromatic rings. The zero-order valence-corrected chi connectivity index (χ0v) is 28.7. The Balaban J connectivity index is 1.17. The highest BCUT2D eigenvalue weighted by Gasteiger charge is 2.45. The molecular formula is C35H36ClF3N8O4. The number of amides is 3. The van der Waals surface area contributed by atoms with Gasteiger partial charge in [-0.3, -0.25) is 14.4 Å². The summed E-state index contributed by atoms with van der Waals surface area (Å²) in [6.07, 6.45) is -3.13. The largest absolute Gasteiger partial charge is 0.454 e. The summed E-state index contributed by atoms with van der Waals surface area (Å²) in [5, 5.41) is 14.7. The molecule has 5 N–H and O–H groups in total. The molecule has 1 fully saturated rings. The van der Waals surface area contributed by atoms with Crippen molar-refractivity contribution in [3.63, 3.8) is 0 Å². The number of halogens is 4. The summed E-state index contributed by atoms with van der Waals surface area (Å²) in [5.41, 5.74) is 2.01. The van der Waals surface area contributed by atoms with Crippen molar-refractivity contribution in [3.05, 3.63) is 94.5 Å². The highest BCUT2D eigenvalue weighted by molar-refractivity contribution is 6.39. The molecule has 5 rings (SSSR count). The first kappa shape index (κ1) is 36.8. The number of aryl methyl sites for hydroxylation is 1. The number of nitrogens with one attached hydrogen (secondary N) is 5. The highest BCUT2D eigenvalue weighted by Crippen LogP contribution is 2.48. The van der Waals surface area contributed by atoms with Crippen molar-refractivity contribution in [1.82, 2.24) is 25.6 Å². The first-order valence-corrected chi connectivity index (χ1v) is 16.3. The van der Waals surface area contributed by atoms with Gasteiger partial charge in [0.05, 0.1) is 5.54 Å². The van der Waals surface area contributed by atoms with Gasteiger partial charge in [0, 0.05) is 35.1 Å². The molecule has 0 radical (unpaired) electrons. The second kappa shape index (κ2) is 15.2. The number of anilines is 4. The van der Waals surface area contributed by atoms with Crippen LogP contribution in [0.1, 0.15) is 48.2 Å². The van der Waals surface area contributed by atoms with Crippen molar-refractivity contribution in [2.45, 2.75) is 45.3 Å². The van der Waals surface area contributed by atoms with Crippen LogP contribution in [0.15, 0.2) is 72.8 Å². The average molecular weight is 725 g/mol. The first-order chi connectivity index (χ1) is 24.1. The molecule has 0 aliphatic heterocycles. The number of nitrogens with zero attached hydrogens (tertiary/aromatic N) is 3. The van der Waals surface area contributed by atoms with E-state index in [1.807, 2.05) is 39.0 Å². The number of ether oxygens (including phenoxy) is 1. The summed E-state index contributed by atoms with van der Waals surface area (Å²) in [6.45, 7) is 4.23. The molecule has 0 bridgehead atoms. The lowest BCUT2D eigenvalue weighted by Gasteiger charge is -2.25. The number of aromatic nitrogens is 3. The first-order valence-electron chi connectivity index (χ1n) is 15.9. The van der Waals surface area contributed by atoms with Gasteiger partial charge in [-0.25, -0.2) is 0 Å². The van der Waals surface area contributed by atoms with Crippen molar-refractivity contribution in [2.24, 2.45) is 5.41 Å². The summed E-state index contributed by atoms with van der Waals surface area (Å²) < 4.78 is 43.6. The van der Waals surface area contributed by atoms with Crippen LogP contribution in [-0.4, -0.2) is 58.5 Å². The molecule has 1 saturated carbocycles. The minimum Gasteiger partial charge on any atom is -0.454 e. The second-order valence-corrected chi connectivity index (χ2v) is 13.4. The third kappa shape index (κ3) is 10.8. The Morgan fingerprint density at radius 3 is 2.16 bits per heavy atom. The molecule has 1 heterocycles. The molecule has 3 amide bonds. The van der Waals surface area contributed by atoms with E-state index in [2.05, 4.69) is 41.5 Å². The molecule has 12 nitrogen and oxygen atoms in total. The summed E-state index contributed by atoms with van der Waals surface area (Å²) in [7, 11) is 0. The maximum absolute atomic E-state index is 12.9. The lowest BCUT2D eigenvalue weighted by Crippen LogP contribution is -2.44. The average Bonchev–Trinajstić information content (AvgIpc) is 3.85. The summed E-state index contributed by atoms with van der Waals surface area (Å²) in [4.78, 5) is 50.0. The molecule has 51 heavy (non-hydrogen) atoms. The topological polar surface area (TPSA) is 159 Å². The lowest BCUT2D eigenvalue weighted by molar-refractivity contribution is -0.154. The van der Waals surface area contributed by atoms with Gasteiger partial charge in [0.2, 0.25) is 11.9 Å². The zero-order valence-electron chi connectivity index (χ0n) is 28.0. The maximum atomic E-state index is 12.9. The standard InChI is InChI=1S/C35H36ClF3N8O4/c1-21-5-4-6-26(17-21)42-29(50)28(49)41-19-33(2,3)18-40-27(48)22-7-13-25(14-8-22)43-30-44-31(46-32(45-30)51-20-35(37,38)39)47-34(15-16-34)23-9-11-24(36)12-10-23/h4-14,17H,15-16,18-20H2,1-3H3,(H,40,48)(H,41,49)(H,42,50)(H2,43,44,45,46,47). The Morgan fingerprint density at radius 1 is 0.843 bits per heavy atom. The van der Waals surface area contributed by atoms with E-state index in [4.69, 9.17) is 16.3 Å². The molecule has 1 aliphatic carbocycles. The number of benzene rings is 3. The summed E-state index contributed by atoms with van der Waals surface area (Å²) >= 11 is 6.03. The Kier molecular flexibility index (Phi) is 11.0. The SMILES string of the molecule is Cc1cccc(NC(=O)C(=O)NCC(C)(C)CNC(=O)c2ccc(Nc3nc(NC4(c5ccc(Cl)cc5)CC4)nc(OCC(F)(F)F)n3)cc2)c1. The molecule has 0 unspecified atom stereocenters. The molecule has 3 aromatic carbocycles. The van der Waals surface area contributed by atoms with Crippen LogP contribution in [-0.2, 0) is 15.1 Å². The van der Waals surface area contributed by atoms with E-state index in [0.717, 1.165) is 24.0 Å². The van der Waals surface area contributed by atoms with Crippen molar-refractivity contribution in [3.8, 4) is 6.01 Å². The molecule has 0 spiro atoms. The van der Waals surface area contributed by atoms with Crippen LogP contribution >= 0.6 is 11.6 Å². The van der Waals surface area contributed by atoms with Gasteiger partial charge in [-0.15, -0.1) is 0 Å². The molecule has 0 saturated heterocycles. The zero-order chi connectivity index (χ0) is 36.8. The third-order valence-electron chi connectivity index (χ3n) is 7.82. The van der Waals surface area contributed by atoms with Crippen LogP contribution < -0.4 is 31.3 Å². The number of hydrogen-bond acceptors (Lipinski definition) is 9. The van der Waals surface area contributed by atoms with Gasteiger partial charge < -0.3 is 31.3 Å². The van der Waals surface area contributed by atoms with Gasteiger partial charge in [0.1, 0.15) is 0 Å². The fourth-order valence-corrected chi connectivity index (χ4v) is 5.03. The number of alkyl halides is 3. The number of carbonyl (C=O) groups is 3. The molecule has 268 valence electrons. The van der Waals surface area contributed by atoms with E-state index in [1.165, 1.54) is 0 Å². The second-order valence-electron chi connectivity index (χ2n) is 12.9. The minimum absolute atomic E-state index is 0.0128. The lowest BCUT2D eigenvalue weighted by atomic mass is 9.93. The van der Waals surface area contributed by atoms with Gasteiger partial charge in [-0.1, -0.05) is 49.7 Å². The predicted octanol–water partition coefficient (Wildman–Crippen LogP) is 6.13. The van der Waals surface area contributed by atoms with Gasteiger partial charge >= 0.3 is 24.0 Å². The van der Waals surface area contributed by atoms with Gasteiger partial charge in [0.25, 0.3) is 5.91 Å². The fraction of sp³-hybridized carbons (Fsp3) is 0.314. The van der Waals surface area contributed by atoms with Crippen LogP contribution in [0.25, 0.3) is 0 Å². The Labute approximate surface area is 297 Å². The highest BCUT2D eigenvalue weighted by atomic mass is 35.5. The fourth-order valence-electron chi connectivity index (χ4n) is 4.90. The third-order valence-corrected chi connectivity index (χ3v) is 8.07. The predicted molar refractivity (Wildman–Crippen MR) is 186 cm³/mol. The molecule has 0 atom stereocenters. The normalized spacial score (nSPS) is 13.5. The van der Waals surface area contributed by atoms with Gasteiger partial charge in [0.15, 0.2) is 6.61 Å². The Hall–Kier alpha value is -5.44. The summed E-state index contributed by atoms with van der Waals surface area (Å²) in [6, 6.07) is 20.0.